The van der Waals surface area contributed by atoms with Crippen LogP contribution in [0.1, 0.15) is 32.2 Å². The minimum absolute atomic E-state index is 0. The normalized spacial score (nSPS) is 9.59. The molecule has 3 N–H and O–H groups in total. The van der Waals surface area contributed by atoms with Crippen molar-refractivity contribution in [2.75, 3.05) is 6.51 Å². The quantitative estimate of drug-likeness (QED) is 0.264. The van der Waals surface area contributed by atoms with Crippen molar-refractivity contribution in [1.29, 1.82) is 0 Å². The summed E-state index contributed by atoms with van der Waals surface area (Å²) < 4.78 is 15.7. The molecule has 0 bridgehead atoms. The second-order valence-corrected chi connectivity index (χ2v) is 5.91. The fraction of sp³-hybridized carbons (Fsp3) is 0.533. The first-order valence-electron chi connectivity index (χ1n) is 8.22. The van der Waals surface area contributed by atoms with E-state index in [0.717, 1.165) is 5.69 Å². The van der Waals surface area contributed by atoms with Crippen LogP contribution in [0, 0.1) is 0 Å². The zero-order valence-electron chi connectivity index (χ0n) is 16.8. The van der Waals surface area contributed by atoms with Crippen LogP contribution >= 0.6 is 12.4 Å². The Balaban J connectivity index is 0. The van der Waals surface area contributed by atoms with E-state index in [1.165, 1.54) is 30.9 Å². The predicted octanol–water partition coefficient (Wildman–Crippen LogP) is 1.09. The fourth-order valence-electron chi connectivity index (χ4n) is 1.42. The van der Waals surface area contributed by atoms with Gasteiger partial charge in [-0.15, -0.1) is 12.4 Å². The number of nitrogens with one attached hydrogen (secondary N) is 1. The number of aliphatic hydroxyl groups is 2. The molecule has 0 atom stereocenters. The molecule has 0 aliphatic heterocycles. The number of hydrogen-bond donors (Lipinski definition) is 3. The molecule has 0 saturated heterocycles. The molecule has 2 aromatic rings. The SMILES string of the molecule is CC(C)(C)OC(=O)n1cncc1CO.C[B]OOCB=O.Cl.OCc1cnc[nH]1. The zero-order valence-corrected chi connectivity index (χ0v) is 17.6. The number of carbonyl (C=O) groups excluding carboxylic acids is 1. The molecule has 0 aromatic carbocycles. The van der Waals surface area contributed by atoms with E-state index in [2.05, 4.69) is 24.6 Å². The molecule has 0 unspecified atom stereocenters. The summed E-state index contributed by atoms with van der Waals surface area (Å²) in [5.74, 6) is 0. The summed E-state index contributed by atoms with van der Waals surface area (Å²) in [6.07, 6.45) is 5.33. The van der Waals surface area contributed by atoms with E-state index in [1.54, 1.807) is 33.8 Å². The average molecular weight is 431 g/mol. The van der Waals surface area contributed by atoms with Gasteiger partial charge < -0.3 is 19.9 Å². The number of aromatic nitrogens is 4. The summed E-state index contributed by atoms with van der Waals surface area (Å²) >= 11 is 0. The summed E-state index contributed by atoms with van der Waals surface area (Å²) in [5.41, 5.74) is 0.618. The second-order valence-electron chi connectivity index (χ2n) is 5.91. The standard InChI is InChI=1S/C9H14N2O3.C4H6N2O.C2H5B2O3.ClH/c1-9(2,3)14-8(13)11-6-10-4-7(11)5-12;7-2-4-1-5-3-6-4;1-3-7-6-2-4-5;/h4,6,12H,5H2,1-3H3;1,3,7H,2H2,(H,5,6);2H2,1H3;1H. The van der Waals surface area contributed by atoms with Crippen LogP contribution in [0.5, 0.6) is 0 Å². The topological polar surface area (TPSA) is 149 Å². The van der Waals surface area contributed by atoms with E-state index in [9.17, 15) is 9.50 Å². The van der Waals surface area contributed by atoms with Crippen LogP contribution in [0.25, 0.3) is 0 Å². The van der Waals surface area contributed by atoms with Gasteiger partial charge in [0.05, 0.1) is 43.3 Å². The summed E-state index contributed by atoms with van der Waals surface area (Å²) in [4.78, 5) is 30.1. The number of aromatic amines is 1. The van der Waals surface area contributed by atoms with Gasteiger partial charge in [0, 0.05) is 0 Å². The van der Waals surface area contributed by atoms with Crippen molar-refractivity contribution in [3.63, 3.8) is 0 Å². The van der Waals surface area contributed by atoms with Crippen LogP contribution in [0.3, 0.4) is 0 Å². The first-order valence-corrected chi connectivity index (χ1v) is 8.22. The molecule has 0 aliphatic rings. The number of halogens is 1. The van der Waals surface area contributed by atoms with Crippen molar-refractivity contribution < 1.29 is 34.1 Å². The number of aliphatic hydroxyl groups excluding tert-OH is 2. The molecule has 2 rings (SSSR count). The van der Waals surface area contributed by atoms with Crippen molar-refractivity contribution in [2.45, 2.75) is 46.4 Å². The van der Waals surface area contributed by atoms with Crippen molar-refractivity contribution in [2.24, 2.45) is 0 Å². The molecule has 11 nitrogen and oxygen atoms in total. The van der Waals surface area contributed by atoms with E-state index in [1.807, 2.05) is 0 Å². The van der Waals surface area contributed by atoms with Gasteiger partial charge in [-0.3, -0.25) is 0 Å². The molecule has 2 heterocycles. The van der Waals surface area contributed by atoms with Gasteiger partial charge in [0.2, 0.25) is 0 Å². The molecule has 0 aliphatic carbocycles. The van der Waals surface area contributed by atoms with Gasteiger partial charge in [-0.05, 0) is 20.8 Å². The minimum Gasteiger partial charge on any atom is -0.390 e. The third-order valence-electron chi connectivity index (χ3n) is 2.49. The molecule has 0 spiro atoms. The summed E-state index contributed by atoms with van der Waals surface area (Å²) in [5, 5.41) is 17.2. The van der Waals surface area contributed by atoms with Gasteiger partial charge in [0.15, 0.2) is 0 Å². The maximum Gasteiger partial charge on any atom is 0.0922 e. The molecule has 1 radical (unpaired) electrons. The Morgan fingerprint density at radius 2 is 1.93 bits per heavy atom. The van der Waals surface area contributed by atoms with E-state index >= 15 is 0 Å². The predicted molar refractivity (Wildman–Crippen MR) is 107 cm³/mol. The van der Waals surface area contributed by atoms with Crippen LogP contribution in [-0.2, 0) is 32.3 Å². The summed E-state index contributed by atoms with van der Waals surface area (Å²) in [7, 11) is 1.97. The van der Waals surface area contributed by atoms with Gasteiger partial charge in [0.1, 0.15) is 11.9 Å². The number of imidazole rings is 2. The summed E-state index contributed by atoms with van der Waals surface area (Å²) in [6.45, 7) is 6.79. The number of carbonyl (C=O) groups is 1. The van der Waals surface area contributed by atoms with E-state index in [0.29, 0.717) is 12.8 Å². The van der Waals surface area contributed by atoms with E-state index in [-0.39, 0.29) is 32.1 Å². The second kappa shape index (κ2) is 16.9. The summed E-state index contributed by atoms with van der Waals surface area (Å²) in [6, 6.07) is 0. The Labute approximate surface area is 176 Å². The molecule has 29 heavy (non-hydrogen) atoms. The maximum absolute atomic E-state index is 11.5. The van der Waals surface area contributed by atoms with Gasteiger partial charge in [0.25, 0.3) is 0 Å². The van der Waals surface area contributed by atoms with Gasteiger partial charge in [-0.1, -0.05) is 0 Å². The number of ether oxygens (including phenoxy) is 1. The fourth-order valence-corrected chi connectivity index (χ4v) is 1.42. The molecule has 0 fully saturated rings. The molecule has 0 amide bonds. The van der Waals surface area contributed by atoms with Gasteiger partial charge in [-0.2, -0.15) is 0 Å². The Kier molecular flexibility index (Phi) is 17.0. The van der Waals surface area contributed by atoms with Crippen molar-refractivity contribution in [1.82, 2.24) is 19.5 Å². The molecular formula is C15H26B2ClN4O7. The van der Waals surface area contributed by atoms with Gasteiger partial charge in [-0.25, -0.2) is 19.3 Å². The number of H-pyrrole nitrogens is 1. The van der Waals surface area contributed by atoms with Crippen molar-refractivity contribution in [3.05, 3.63) is 36.4 Å². The third kappa shape index (κ3) is 14.6. The van der Waals surface area contributed by atoms with Crippen LogP contribution in [0.2, 0.25) is 6.82 Å². The van der Waals surface area contributed by atoms with Crippen LogP contribution in [-0.4, -0.2) is 62.6 Å². The Morgan fingerprint density at radius 1 is 1.24 bits per heavy atom. The monoisotopic (exact) mass is 431 g/mol. The molecule has 2 aromatic heterocycles. The van der Waals surface area contributed by atoms with Crippen LogP contribution < -0.4 is 0 Å². The first-order chi connectivity index (χ1) is 13.3. The Morgan fingerprint density at radius 3 is 2.34 bits per heavy atom. The average Bonchev–Trinajstić information content (AvgIpc) is 3.33. The smallest absolute Gasteiger partial charge is 0.0922 e. The van der Waals surface area contributed by atoms with Crippen molar-refractivity contribution >= 4 is 33.1 Å². The molecular weight excluding hydrogens is 405 g/mol. The first kappa shape index (κ1) is 29.2. The molecule has 161 valence electrons. The number of nitrogens with zero attached hydrogens (tertiary/aromatic N) is 3. The Hall–Kier alpha value is -2.05. The molecule has 14 heteroatoms. The van der Waals surface area contributed by atoms with E-state index < -0.39 is 11.7 Å². The largest absolute Gasteiger partial charge is 0.390 e. The third-order valence-corrected chi connectivity index (χ3v) is 2.49. The van der Waals surface area contributed by atoms with Gasteiger partial charge >= 0.3 is 48.5 Å². The van der Waals surface area contributed by atoms with Crippen molar-refractivity contribution in [3.8, 4) is 0 Å². The molecule has 0 saturated carbocycles. The van der Waals surface area contributed by atoms with Crippen LogP contribution in [0.15, 0.2) is 25.0 Å². The van der Waals surface area contributed by atoms with E-state index in [4.69, 9.17) is 14.9 Å². The minimum atomic E-state index is -0.548. The zero-order chi connectivity index (χ0) is 21.4. The van der Waals surface area contributed by atoms with Crippen LogP contribution in [0.4, 0.5) is 4.79 Å². The number of hydrogen-bond acceptors (Lipinski definition) is 9. The number of rotatable bonds is 6. The Bertz CT molecular complexity index is 666. The maximum atomic E-state index is 11.5.